The van der Waals surface area contributed by atoms with Gasteiger partial charge in [-0.15, -0.1) is 0 Å². The van der Waals surface area contributed by atoms with E-state index in [1.165, 1.54) is 4.31 Å². The van der Waals surface area contributed by atoms with Crippen molar-refractivity contribution in [3.05, 3.63) is 22.4 Å². The molecule has 0 aromatic heterocycles. The van der Waals surface area contributed by atoms with Crippen LogP contribution in [0.15, 0.2) is 21.5 Å². The van der Waals surface area contributed by atoms with E-state index in [9.17, 15) is 12.8 Å². The van der Waals surface area contributed by atoms with E-state index in [4.69, 9.17) is 10.5 Å². The summed E-state index contributed by atoms with van der Waals surface area (Å²) in [5, 5.41) is 0. The fraction of sp³-hybridized carbons (Fsp3) is 0.455. The number of halogens is 2. The maximum absolute atomic E-state index is 13.9. The first-order chi connectivity index (χ1) is 8.82. The normalized spacial score (nSPS) is 21.5. The van der Waals surface area contributed by atoms with E-state index in [0.717, 1.165) is 12.1 Å². The highest BCUT2D eigenvalue weighted by Crippen LogP contribution is 2.28. The number of nitrogens with two attached hydrogens (primary N) is 1. The molecule has 1 saturated heterocycles. The van der Waals surface area contributed by atoms with Crippen molar-refractivity contribution in [1.29, 1.82) is 0 Å². The van der Waals surface area contributed by atoms with E-state index in [1.54, 1.807) is 6.92 Å². The molecular weight excluding hydrogens is 339 g/mol. The highest BCUT2D eigenvalue weighted by molar-refractivity contribution is 9.10. The minimum absolute atomic E-state index is 0.182. The van der Waals surface area contributed by atoms with E-state index >= 15 is 0 Å². The first kappa shape index (κ1) is 14.7. The van der Waals surface area contributed by atoms with Gasteiger partial charge in [-0.1, -0.05) is 0 Å². The van der Waals surface area contributed by atoms with Gasteiger partial charge in [0, 0.05) is 23.2 Å². The summed E-state index contributed by atoms with van der Waals surface area (Å²) >= 11 is 3.06. The molecule has 19 heavy (non-hydrogen) atoms. The van der Waals surface area contributed by atoms with Crippen molar-refractivity contribution < 1.29 is 17.5 Å². The second-order valence-corrected chi connectivity index (χ2v) is 7.11. The highest BCUT2D eigenvalue weighted by atomic mass is 79.9. The molecular formula is C11H14BrFN2O3S. The number of nitrogens with zero attached hydrogens (tertiary/aromatic N) is 1. The van der Waals surface area contributed by atoms with Crippen molar-refractivity contribution in [3.63, 3.8) is 0 Å². The van der Waals surface area contributed by atoms with Crippen LogP contribution in [0.1, 0.15) is 6.92 Å². The monoisotopic (exact) mass is 352 g/mol. The van der Waals surface area contributed by atoms with Gasteiger partial charge in [0.25, 0.3) is 0 Å². The predicted molar refractivity (Wildman–Crippen MR) is 72.7 cm³/mol. The molecule has 0 amide bonds. The Morgan fingerprint density at radius 1 is 1.53 bits per heavy atom. The first-order valence-corrected chi connectivity index (χ1v) is 7.92. The zero-order valence-electron chi connectivity index (χ0n) is 10.3. The quantitative estimate of drug-likeness (QED) is 0.820. The summed E-state index contributed by atoms with van der Waals surface area (Å²) in [4.78, 5) is -0.401. The summed E-state index contributed by atoms with van der Waals surface area (Å²) in [6.07, 6.45) is -0.209. The molecule has 1 heterocycles. The second-order valence-electron chi connectivity index (χ2n) is 4.35. The Balaban J connectivity index is 2.42. The zero-order chi connectivity index (χ0) is 14.2. The molecule has 106 valence electrons. The van der Waals surface area contributed by atoms with Crippen LogP contribution in [0.5, 0.6) is 0 Å². The smallest absolute Gasteiger partial charge is 0.246 e. The third-order valence-electron chi connectivity index (χ3n) is 2.87. The van der Waals surface area contributed by atoms with Crippen LogP contribution in [-0.4, -0.2) is 38.5 Å². The van der Waals surface area contributed by atoms with Crippen LogP contribution in [0.4, 0.5) is 10.1 Å². The molecule has 8 heteroatoms. The van der Waals surface area contributed by atoms with Gasteiger partial charge in [-0.25, -0.2) is 12.8 Å². The molecule has 1 unspecified atom stereocenters. The van der Waals surface area contributed by atoms with E-state index < -0.39 is 20.7 Å². The largest absolute Gasteiger partial charge is 0.398 e. The number of hydrogen-bond donors (Lipinski definition) is 1. The summed E-state index contributed by atoms with van der Waals surface area (Å²) < 4.78 is 45.4. The fourth-order valence-corrected chi connectivity index (χ4v) is 3.78. The third kappa shape index (κ3) is 2.91. The summed E-state index contributed by atoms with van der Waals surface area (Å²) in [5.74, 6) is -0.819. The van der Waals surface area contributed by atoms with Gasteiger partial charge in [-0.2, -0.15) is 4.31 Å². The lowest BCUT2D eigenvalue weighted by Crippen LogP contribution is -2.44. The van der Waals surface area contributed by atoms with Crippen LogP contribution in [0.25, 0.3) is 0 Å². The Bertz CT molecular complexity index is 594. The Hall–Kier alpha value is -0.700. The van der Waals surface area contributed by atoms with Crippen molar-refractivity contribution >= 4 is 31.6 Å². The predicted octanol–water partition coefficient (Wildman–Crippen LogP) is 1.58. The van der Waals surface area contributed by atoms with E-state index in [2.05, 4.69) is 15.9 Å². The van der Waals surface area contributed by atoms with E-state index in [-0.39, 0.29) is 24.9 Å². The standard InChI is InChI=1S/C11H14BrFN2O3S/c1-7-6-15(2-3-18-7)19(16,17)11-5-10(14)8(12)4-9(11)13/h4-5,7H,2-3,6,14H2,1H3. The number of nitrogen functional groups attached to an aromatic ring is 1. The fourth-order valence-electron chi connectivity index (χ4n) is 1.89. The minimum Gasteiger partial charge on any atom is -0.398 e. The Morgan fingerprint density at radius 2 is 2.21 bits per heavy atom. The summed E-state index contributed by atoms with van der Waals surface area (Å²) in [6, 6.07) is 2.20. The summed E-state index contributed by atoms with van der Waals surface area (Å²) in [6.45, 7) is 2.49. The molecule has 1 aliphatic rings. The van der Waals surface area contributed by atoms with Gasteiger partial charge in [0.05, 0.1) is 12.7 Å². The average molecular weight is 353 g/mol. The van der Waals surface area contributed by atoms with Crippen molar-refractivity contribution in [3.8, 4) is 0 Å². The van der Waals surface area contributed by atoms with Crippen LogP contribution in [0.3, 0.4) is 0 Å². The number of benzene rings is 1. The number of anilines is 1. The lowest BCUT2D eigenvalue weighted by Gasteiger charge is -2.30. The molecule has 5 nitrogen and oxygen atoms in total. The highest BCUT2D eigenvalue weighted by Gasteiger charge is 2.31. The molecule has 1 atom stereocenters. The maximum Gasteiger partial charge on any atom is 0.246 e. The van der Waals surface area contributed by atoms with Gasteiger partial charge < -0.3 is 10.5 Å². The molecule has 1 aromatic rings. The van der Waals surface area contributed by atoms with Crippen LogP contribution in [-0.2, 0) is 14.8 Å². The average Bonchev–Trinajstić information content (AvgIpc) is 2.33. The topological polar surface area (TPSA) is 72.6 Å². The minimum atomic E-state index is -3.89. The third-order valence-corrected chi connectivity index (χ3v) is 5.44. The van der Waals surface area contributed by atoms with Crippen molar-refractivity contribution in [2.24, 2.45) is 0 Å². The Morgan fingerprint density at radius 3 is 2.84 bits per heavy atom. The molecule has 0 aliphatic carbocycles. The summed E-state index contributed by atoms with van der Waals surface area (Å²) in [5.41, 5.74) is 5.80. The Kier molecular flexibility index (Phi) is 4.14. The van der Waals surface area contributed by atoms with Crippen molar-refractivity contribution in [2.45, 2.75) is 17.9 Å². The molecule has 1 fully saturated rings. The Labute approximate surface area is 119 Å². The van der Waals surface area contributed by atoms with Gasteiger partial charge >= 0.3 is 0 Å². The number of hydrogen-bond acceptors (Lipinski definition) is 4. The zero-order valence-corrected chi connectivity index (χ0v) is 12.7. The maximum atomic E-state index is 13.9. The van der Waals surface area contributed by atoms with E-state index in [1.807, 2.05) is 0 Å². The lowest BCUT2D eigenvalue weighted by molar-refractivity contribution is 0.0101. The number of ether oxygens (including phenoxy) is 1. The van der Waals surface area contributed by atoms with Gasteiger partial charge in [-0.3, -0.25) is 0 Å². The molecule has 1 aromatic carbocycles. The van der Waals surface area contributed by atoms with Gasteiger partial charge in [-0.05, 0) is 35.0 Å². The SMILES string of the molecule is CC1CN(S(=O)(=O)c2cc(N)c(Br)cc2F)CCO1. The van der Waals surface area contributed by atoms with Gasteiger partial charge in [0.2, 0.25) is 10.0 Å². The van der Waals surface area contributed by atoms with Crippen molar-refractivity contribution in [2.75, 3.05) is 25.4 Å². The van der Waals surface area contributed by atoms with Crippen molar-refractivity contribution in [1.82, 2.24) is 4.31 Å². The van der Waals surface area contributed by atoms with Gasteiger partial charge in [0.1, 0.15) is 10.7 Å². The van der Waals surface area contributed by atoms with Crippen LogP contribution in [0, 0.1) is 5.82 Å². The lowest BCUT2D eigenvalue weighted by atomic mass is 10.3. The second kappa shape index (κ2) is 5.35. The first-order valence-electron chi connectivity index (χ1n) is 5.68. The molecule has 0 saturated carbocycles. The molecule has 0 spiro atoms. The molecule has 0 bridgehead atoms. The number of sulfonamides is 1. The van der Waals surface area contributed by atoms with Crippen LogP contribution >= 0.6 is 15.9 Å². The van der Waals surface area contributed by atoms with Crippen LogP contribution in [0.2, 0.25) is 0 Å². The van der Waals surface area contributed by atoms with Gasteiger partial charge in [0.15, 0.2) is 0 Å². The number of morpholine rings is 1. The molecule has 1 aliphatic heterocycles. The summed E-state index contributed by atoms with van der Waals surface area (Å²) in [7, 11) is -3.89. The number of rotatable bonds is 2. The van der Waals surface area contributed by atoms with E-state index in [0.29, 0.717) is 11.1 Å². The molecule has 2 N–H and O–H groups in total. The van der Waals surface area contributed by atoms with Crippen LogP contribution < -0.4 is 5.73 Å². The molecule has 2 rings (SSSR count). The molecule has 0 radical (unpaired) electrons.